The van der Waals surface area contributed by atoms with Crippen molar-refractivity contribution in [3.63, 3.8) is 0 Å². The molecule has 1 amide bonds. The molecule has 9 heteroatoms. The Hall–Kier alpha value is -2.52. The number of hydrazine groups is 1. The van der Waals surface area contributed by atoms with Crippen LogP contribution in [0.3, 0.4) is 0 Å². The van der Waals surface area contributed by atoms with Gasteiger partial charge in [0.15, 0.2) is 5.13 Å². The average molecular weight is 293 g/mol. The van der Waals surface area contributed by atoms with Crippen LogP contribution in [0, 0.1) is 10.1 Å². The zero-order chi connectivity index (χ0) is 14.5. The predicted octanol–water partition coefficient (Wildman–Crippen LogP) is 1.33. The number of hydrogen-bond donors (Lipinski definition) is 3. The lowest BCUT2D eigenvalue weighted by molar-refractivity contribution is -0.384. The summed E-state index contributed by atoms with van der Waals surface area (Å²) < 4.78 is 0. The molecule has 4 N–H and O–H groups in total. The SMILES string of the molecule is NNC(=O)Cc1csc(Nc2cccc([N+](=O)[O-])c2)n1. The molecule has 0 atom stereocenters. The maximum absolute atomic E-state index is 11.1. The minimum absolute atomic E-state index is 0.00529. The smallest absolute Gasteiger partial charge is 0.271 e. The van der Waals surface area contributed by atoms with Crippen LogP contribution in [-0.4, -0.2) is 15.8 Å². The molecule has 0 fully saturated rings. The molecule has 1 aromatic carbocycles. The van der Waals surface area contributed by atoms with Crippen LogP contribution in [0.1, 0.15) is 5.69 Å². The molecule has 0 spiro atoms. The van der Waals surface area contributed by atoms with Crippen molar-refractivity contribution in [2.24, 2.45) is 5.84 Å². The lowest BCUT2D eigenvalue weighted by atomic mass is 10.3. The second-order valence-corrected chi connectivity index (χ2v) is 4.68. The summed E-state index contributed by atoms with van der Waals surface area (Å²) in [5.41, 5.74) is 3.15. The van der Waals surface area contributed by atoms with E-state index in [2.05, 4.69) is 10.3 Å². The number of rotatable bonds is 5. The molecule has 0 aliphatic heterocycles. The van der Waals surface area contributed by atoms with Crippen molar-refractivity contribution < 1.29 is 9.72 Å². The van der Waals surface area contributed by atoms with Crippen LogP contribution in [-0.2, 0) is 11.2 Å². The quantitative estimate of drug-likeness (QED) is 0.331. The Morgan fingerprint density at radius 3 is 3.00 bits per heavy atom. The summed E-state index contributed by atoms with van der Waals surface area (Å²) in [5, 5.41) is 15.9. The molecule has 1 aromatic heterocycles. The first kappa shape index (κ1) is 13.9. The first-order chi connectivity index (χ1) is 9.58. The highest BCUT2D eigenvalue weighted by molar-refractivity contribution is 7.13. The lowest BCUT2D eigenvalue weighted by Crippen LogP contribution is -2.31. The van der Waals surface area contributed by atoms with Crippen LogP contribution in [0.4, 0.5) is 16.5 Å². The van der Waals surface area contributed by atoms with Crippen LogP contribution in [0.25, 0.3) is 0 Å². The number of benzene rings is 1. The van der Waals surface area contributed by atoms with E-state index in [0.717, 1.165) is 0 Å². The number of nitrogens with zero attached hydrogens (tertiary/aromatic N) is 2. The van der Waals surface area contributed by atoms with Gasteiger partial charge in [-0.15, -0.1) is 11.3 Å². The number of nitro groups is 1. The monoisotopic (exact) mass is 293 g/mol. The van der Waals surface area contributed by atoms with Gasteiger partial charge in [-0.3, -0.25) is 20.3 Å². The van der Waals surface area contributed by atoms with Crippen molar-refractivity contribution in [3.8, 4) is 0 Å². The Bertz CT molecular complexity index is 642. The third-order valence-corrected chi connectivity index (χ3v) is 3.17. The molecule has 0 saturated heterocycles. The van der Waals surface area contributed by atoms with E-state index in [1.165, 1.54) is 23.5 Å². The lowest BCUT2D eigenvalue weighted by Gasteiger charge is -2.01. The van der Waals surface area contributed by atoms with Crippen molar-refractivity contribution in [2.75, 3.05) is 5.32 Å². The molecular weight excluding hydrogens is 282 g/mol. The van der Waals surface area contributed by atoms with Crippen LogP contribution >= 0.6 is 11.3 Å². The van der Waals surface area contributed by atoms with Gasteiger partial charge in [-0.05, 0) is 6.07 Å². The number of nitrogens with one attached hydrogen (secondary N) is 2. The van der Waals surface area contributed by atoms with E-state index >= 15 is 0 Å². The minimum atomic E-state index is -0.468. The molecule has 0 bridgehead atoms. The Kier molecular flexibility index (Phi) is 4.23. The highest BCUT2D eigenvalue weighted by atomic mass is 32.1. The third kappa shape index (κ3) is 3.49. The van der Waals surface area contributed by atoms with Gasteiger partial charge in [0.25, 0.3) is 5.69 Å². The first-order valence-electron chi connectivity index (χ1n) is 5.54. The van der Waals surface area contributed by atoms with E-state index in [0.29, 0.717) is 16.5 Å². The van der Waals surface area contributed by atoms with Gasteiger partial charge in [0.05, 0.1) is 17.0 Å². The molecule has 8 nitrogen and oxygen atoms in total. The highest BCUT2D eigenvalue weighted by Crippen LogP contribution is 2.24. The second kappa shape index (κ2) is 6.08. The largest absolute Gasteiger partial charge is 0.331 e. The third-order valence-electron chi connectivity index (χ3n) is 2.36. The van der Waals surface area contributed by atoms with E-state index < -0.39 is 4.92 Å². The molecule has 0 aliphatic rings. The molecule has 20 heavy (non-hydrogen) atoms. The normalized spacial score (nSPS) is 10.1. The Labute approximate surface area is 117 Å². The second-order valence-electron chi connectivity index (χ2n) is 3.82. The van der Waals surface area contributed by atoms with Gasteiger partial charge in [0, 0.05) is 23.2 Å². The van der Waals surface area contributed by atoms with Crippen molar-refractivity contribution in [2.45, 2.75) is 6.42 Å². The van der Waals surface area contributed by atoms with Crippen molar-refractivity contribution in [1.82, 2.24) is 10.4 Å². The van der Waals surface area contributed by atoms with Gasteiger partial charge in [-0.25, -0.2) is 10.8 Å². The standard InChI is InChI=1S/C11H11N5O3S/c12-15-10(17)5-8-6-20-11(14-8)13-7-2-1-3-9(4-7)16(18)19/h1-4,6H,5,12H2,(H,13,14)(H,15,17). The molecule has 0 unspecified atom stereocenters. The summed E-state index contributed by atoms with van der Waals surface area (Å²) in [5.74, 6) is 4.66. The van der Waals surface area contributed by atoms with Gasteiger partial charge >= 0.3 is 0 Å². The predicted molar refractivity (Wildman–Crippen MR) is 74.5 cm³/mol. The number of amides is 1. The van der Waals surface area contributed by atoms with Crippen molar-refractivity contribution in [3.05, 3.63) is 45.5 Å². The summed E-state index contributed by atoms with van der Waals surface area (Å²) in [6.07, 6.45) is 0.0869. The zero-order valence-electron chi connectivity index (χ0n) is 10.2. The van der Waals surface area contributed by atoms with Crippen LogP contribution in [0.2, 0.25) is 0 Å². The molecule has 1 heterocycles. The Morgan fingerprint density at radius 2 is 2.30 bits per heavy atom. The first-order valence-corrected chi connectivity index (χ1v) is 6.42. The number of thiazole rings is 1. The summed E-state index contributed by atoms with van der Waals surface area (Å²) in [4.78, 5) is 25.5. The Balaban J connectivity index is 2.08. The molecule has 0 aliphatic carbocycles. The Morgan fingerprint density at radius 1 is 1.50 bits per heavy atom. The summed E-state index contributed by atoms with van der Waals surface area (Å²) in [7, 11) is 0. The van der Waals surface area contributed by atoms with Crippen molar-refractivity contribution >= 4 is 33.8 Å². The van der Waals surface area contributed by atoms with E-state index in [1.807, 2.05) is 5.43 Å². The van der Waals surface area contributed by atoms with E-state index in [1.54, 1.807) is 17.5 Å². The molecule has 0 radical (unpaired) electrons. The molecular formula is C11H11N5O3S. The van der Waals surface area contributed by atoms with E-state index in [9.17, 15) is 14.9 Å². The van der Waals surface area contributed by atoms with Gasteiger partial charge in [0.2, 0.25) is 5.91 Å². The number of nitro benzene ring substituents is 1. The van der Waals surface area contributed by atoms with Crippen LogP contribution in [0.5, 0.6) is 0 Å². The number of carbonyl (C=O) groups is 1. The number of nitrogens with two attached hydrogens (primary N) is 1. The number of anilines is 2. The molecule has 2 aromatic rings. The summed E-state index contributed by atoms with van der Waals surface area (Å²) in [6, 6.07) is 6.09. The van der Waals surface area contributed by atoms with E-state index in [4.69, 9.17) is 5.84 Å². The number of aromatic nitrogens is 1. The number of non-ortho nitro benzene ring substituents is 1. The topological polar surface area (TPSA) is 123 Å². The van der Waals surface area contributed by atoms with Gasteiger partial charge in [-0.2, -0.15) is 0 Å². The average Bonchev–Trinajstić information content (AvgIpc) is 2.86. The summed E-state index contributed by atoms with van der Waals surface area (Å²) in [6.45, 7) is 0. The number of hydrogen-bond acceptors (Lipinski definition) is 7. The van der Waals surface area contributed by atoms with Crippen LogP contribution < -0.4 is 16.6 Å². The summed E-state index contributed by atoms with van der Waals surface area (Å²) >= 11 is 1.30. The minimum Gasteiger partial charge on any atom is -0.331 e. The fraction of sp³-hybridized carbons (Fsp3) is 0.0909. The highest BCUT2D eigenvalue weighted by Gasteiger charge is 2.09. The number of carbonyl (C=O) groups excluding carboxylic acids is 1. The zero-order valence-corrected chi connectivity index (χ0v) is 11.0. The maximum Gasteiger partial charge on any atom is 0.271 e. The fourth-order valence-electron chi connectivity index (χ4n) is 1.48. The molecule has 0 saturated carbocycles. The van der Waals surface area contributed by atoms with Crippen LogP contribution in [0.15, 0.2) is 29.6 Å². The molecule has 2 rings (SSSR count). The fourth-order valence-corrected chi connectivity index (χ4v) is 2.21. The van der Waals surface area contributed by atoms with Gasteiger partial charge in [-0.1, -0.05) is 6.07 Å². The van der Waals surface area contributed by atoms with Gasteiger partial charge < -0.3 is 5.32 Å². The molecule has 104 valence electrons. The van der Waals surface area contributed by atoms with E-state index in [-0.39, 0.29) is 18.0 Å². The van der Waals surface area contributed by atoms with Gasteiger partial charge in [0.1, 0.15) is 0 Å². The maximum atomic E-state index is 11.1. The van der Waals surface area contributed by atoms with Crippen molar-refractivity contribution in [1.29, 1.82) is 0 Å².